The monoisotopic (exact) mass is 275 g/mol. The summed E-state index contributed by atoms with van der Waals surface area (Å²) < 4.78 is 25.6. The van der Waals surface area contributed by atoms with E-state index in [0.29, 0.717) is 12.5 Å². The van der Waals surface area contributed by atoms with Crippen LogP contribution < -0.4 is 0 Å². The van der Waals surface area contributed by atoms with Crippen molar-refractivity contribution >= 4 is 21.6 Å². The number of hydrogen-bond donors (Lipinski definition) is 0. The Morgan fingerprint density at radius 2 is 2.00 bits per heavy atom. The van der Waals surface area contributed by atoms with E-state index in [1.807, 2.05) is 0 Å². The molecule has 0 bridgehead atoms. The minimum atomic E-state index is -3.48. The van der Waals surface area contributed by atoms with Crippen LogP contribution in [0.1, 0.15) is 19.3 Å². The summed E-state index contributed by atoms with van der Waals surface area (Å²) in [6.07, 6.45) is 5.89. The van der Waals surface area contributed by atoms with Crippen LogP contribution in [0.3, 0.4) is 0 Å². The smallest absolute Gasteiger partial charge is 0.225 e. The van der Waals surface area contributed by atoms with Crippen LogP contribution in [-0.4, -0.2) is 36.3 Å². The molecule has 94 valence electrons. The van der Waals surface area contributed by atoms with Gasteiger partial charge in [0.05, 0.1) is 12.4 Å². The second-order valence-corrected chi connectivity index (χ2v) is 6.65. The van der Waals surface area contributed by atoms with Crippen LogP contribution in [0.25, 0.3) is 0 Å². The van der Waals surface area contributed by atoms with Gasteiger partial charge < -0.3 is 0 Å². The maximum Gasteiger partial charge on any atom is 0.245 e. The van der Waals surface area contributed by atoms with Crippen molar-refractivity contribution in [2.24, 2.45) is 5.92 Å². The van der Waals surface area contributed by atoms with Gasteiger partial charge in [-0.3, -0.25) is 0 Å². The third kappa shape index (κ3) is 2.75. The average Bonchev–Trinajstić information content (AvgIpc) is 2.23. The van der Waals surface area contributed by atoms with Crippen molar-refractivity contribution in [3.8, 4) is 0 Å². The molecule has 0 amide bonds. The first kappa shape index (κ1) is 12.7. The van der Waals surface area contributed by atoms with Crippen molar-refractivity contribution in [3.63, 3.8) is 0 Å². The highest BCUT2D eigenvalue weighted by Crippen LogP contribution is 2.28. The van der Waals surface area contributed by atoms with Crippen molar-refractivity contribution in [1.82, 2.24) is 14.3 Å². The lowest BCUT2D eigenvalue weighted by atomic mass is 9.86. The predicted octanol–water partition coefficient (Wildman–Crippen LogP) is 1.55. The zero-order valence-corrected chi connectivity index (χ0v) is 11.1. The van der Waals surface area contributed by atoms with Gasteiger partial charge in [-0.05, 0) is 30.4 Å². The fourth-order valence-electron chi connectivity index (χ4n) is 1.75. The second-order valence-electron chi connectivity index (χ2n) is 4.27. The lowest BCUT2D eigenvalue weighted by Gasteiger charge is -2.29. The van der Waals surface area contributed by atoms with Gasteiger partial charge in [0.25, 0.3) is 0 Å². The molecule has 1 aliphatic rings. The van der Waals surface area contributed by atoms with E-state index in [2.05, 4.69) is 9.97 Å². The maximum atomic E-state index is 12.1. The van der Waals surface area contributed by atoms with E-state index < -0.39 is 10.0 Å². The molecule has 0 spiro atoms. The summed E-state index contributed by atoms with van der Waals surface area (Å²) in [6.45, 7) is 0.560. The third-order valence-electron chi connectivity index (χ3n) is 3.04. The van der Waals surface area contributed by atoms with Gasteiger partial charge in [0, 0.05) is 13.6 Å². The Balaban J connectivity index is 2.13. The maximum absolute atomic E-state index is 12.1. The summed E-state index contributed by atoms with van der Waals surface area (Å²) in [4.78, 5) is 7.47. The predicted molar refractivity (Wildman–Crippen MR) is 64.2 cm³/mol. The highest BCUT2D eigenvalue weighted by Gasteiger charge is 2.27. The minimum absolute atomic E-state index is 0.0468. The molecule has 1 aliphatic carbocycles. The van der Waals surface area contributed by atoms with Gasteiger partial charge in [0.15, 0.2) is 0 Å². The van der Waals surface area contributed by atoms with E-state index >= 15 is 0 Å². The van der Waals surface area contributed by atoms with Gasteiger partial charge in [0.1, 0.15) is 4.90 Å². The first-order chi connectivity index (χ1) is 8.00. The molecule has 1 fully saturated rings. The van der Waals surface area contributed by atoms with Crippen molar-refractivity contribution in [2.75, 3.05) is 13.6 Å². The summed E-state index contributed by atoms with van der Waals surface area (Å²) in [6, 6.07) is 0. The largest absolute Gasteiger partial charge is 0.245 e. The van der Waals surface area contributed by atoms with E-state index in [-0.39, 0.29) is 10.2 Å². The Hall–Kier alpha value is -0.720. The number of nitrogens with zero attached hydrogens (tertiary/aromatic N) is 3. The Bertz CT molecular complexity index is 485. The van der Waals surface area contributed by atoms with Crippen LogP contribution in [0.2, 0.25) is 5.28 Å². The summed E-state index contributed by atoms with van der Waals surface area (Å²) in [5, 5.41) is 0.0468. The van der Waals surface area contributed by atoms with Crippen molar-refractivity contribution < 1.29 is 8.42 Å². The molecule has 0 N–H and O–H groups in total. The quantitative estimate of drug-likeness (QED) is 0.782. The minimum Gasteiger partial charge on any atom is -0.225 e. The topological polar surface area (TPSA) is 63.2 Å². The summed E-state index contributed by atoms with van der Waals surface area (Å²) in [7, 11) is -1.89. The Morgan fingerprint density at radius 1 is 1.41 bits per heavy atom. The number of rotatable bonds is 4. The van der Waals surface area contributed by atoms with Crippen LogP contribution in [0.4, 0.5) is 0 Å². The molecule has 1 aromatic heterocycles. The number of aromatic nitrogens is 2. The van der Waals surface area contributed by atoms with E-state index in [4.69, 9.17) is 11.6 Å². The molecule has 1 saturated carbocycles. The third-order valence-corrected chi connectivity index (χ3v) is 5.02. The number of hydrogen-bond acceptors (Lipinski definition) is 4. The number of halogens is 1. The lowest BCUT2D eigenvalue weighted by Crippen LogP contribution is -2.34. The normalized spacial score (nSPS) is 17.1. The molecule has 0 aromatic carbocycles. The summed E-state index contributed by atoms with van der Waals surface area (Å²) >= 11 is 5.53. The highest BCUT2D eigenvalue weighted by atomic mass is 35.5. The lowest BCUT2D eigenvalue weighted by molar-refractivity contribution is 0.263. The first-order valence-corrected chi connectivity index (χ1v) is 7.26. The van der Waals surface area contributed by atoms with Crippen molar-refractivity contribution in [1.29, 1.82) is 0 Å². The fraction of sp³-hybridized carbons (Fsp3) is 0.600. The molecule has 1 aromatic rings. The Labute approximate surface area is 106 Å². The van der Waals surface area contributed by atoms with E-state index in [1.165, 1.54) is 23.1 Å². The van der Waals surface area contributed by atoms with Gasteiger partial charge in [0.2, 0.25) is 15.3 Å². The van der Waals surface area contributed by atoms with Crippen LogP contribution >= 0.6 is 11.6 Å². The number of sulfonamides is 1. The summed E-state index contributed by atoms with van der Waals surface area (Å²) in [5.74, 6) is 0.489. The second kappa shape index (κ2) is 4.88. The molecule has 7 heteroatoms. The molecule has 0 atom stereocenters. The molecule has 5 nitrogen and oxygen atoms in total. The molecule has 0 saturated heterocycles. The molecule has 0 unspecified atom stereocenters. The van der Waals surface area contributed by atoms with E-state index in [1.54, 1.807) is 7.05 Å². The van der Waals surface area contributed by atoms with Gasteiger partial charge >= 0.3 is 0 Å². The van der Waals surface area contributed by atoms with Crippen LogP contribution in [0.15, 0.2) is 17.3 Å². The standard InChI is InChI=1S/C10H14ClN3O2S/c1-14(7-8-3-2-4-8)17(15,16)9-5-12-10(11)13-6-9/h5-6,8H,2-4,7H2,1H3. The molecule has 17 heavy (non-hydrogen) atoms. The molecule has 2 rings (SSSR count). The first-order valence-electron chi connectivity index (χ1n) is 5.44. The zero-order valence-electron chi connectivity index (χ0n) is 9.50. The van der Waals surface area contributed by atoms with Gasteiger partial charge in [-0.2, -0.15) is 0 Å². The van der Waals surface area contributed by atoms with Crippen LogP contribution in [0, 0.1) is 5.92 Å². The molecule has 1 heterocycles. The van der Waals surface area contributed by atoms with Crippen molar-refractivity contribution in [3.05, 3.63) is 17.7 Å². The Morgan fingerprint density at radius 3 is 2.47 bits per heavy atom. The molecule has 0 aliphatic heterocycles. The van der Waals surface area contributed by atoms with Crippen molar-refractivity contribution in [2.45, 2.75) is 24.2 Å². The molecule has 0 radical (unpaired) electrons. The highest BCUT2D eigenvalue weighted by molar-refractivity contribution is 7.89. The fourth-order valence-corrected chi connectivity index (χ4v) is 2.99. The van der Waals surface area contributed by atoms with Crippen LogP contribution in [-0.2, 0) is 10.0 Å². The van der Waals surface area contributed by atoms with Gasteiger partial charge in [-0.25, -0.2) is 22.7 Å². The van der Waals surface area contributed by atoms with Gasteiger partial charge in [-0.15, -0.1) is 0 Å². The van der Waals surface area contributed by atoms with E-state index in [9.17, 15) is 8.42 Å². The average molecular weight is 276 g/mol. The van der Waals surface area contributed by atoms with Crippen LogP contribution in [0.5, 0.6) is 0 Å². The van der Waals surface area contributed by atoms with Gasteiger partial charge in [-0.1, -0.05) is 6.42 Å². The van der Waals surface area contributed by atoms with E-state index in [0.717, 1.165) is 12.8 Å². The molecular formula is C10H14ClN3O2S. The molecular weight excluding hydrogens is 262 g/mol. The Kier molecular flexibility index (Phi) is 3.65. The zero-order chi connectivity index (χ0) is 12.5. The SMILES string of the molecule is CN(CC1CCC1)S(=O)(=O)c1cnc(Cl)nc1. The summed E-state index contributed by atoms with van der Waals surface area (Å²) in [5.41, 5.74) is 0.